The topological polar surface area (TPSA) is 75.3 Å². The van der Waals surface area contributed by atoms with Crippen molar-refractivity contribution < 1.29 is 17.6 Å². The van der Waals surface area contributed by atoms with E-state index in [-0.39, 0.29) is 10.8 Å². The Morgan fingerprint density at radius 1 is 1.27 bits per heavy atom. The lowest BCUT2D eigenvalue weighted by atomic mass is 9.82. The molecular formula is C15H21FN2O3S. The molecule has 1 aliphatic carbocycles. The number of halogens is 1. The Kier molecular flexibility index (Phi) is 5.18. The van der Waals surface area contributed by atoms with E-state index in [2.05, 4.69) is 10.0 Å². The van der Waals surface area contributed by atoms with Gasteiger partial charge in [-0.3, -0.25) is 4.79 Å². The van der Waals surface area contributed by atoms with Crippen molar-refractivity contribution >= 4 is 15.9 Å². The molecule has 7 heteroatoms. The summed E-state index contributed by atoms with van der Waals surface area (Å²) in [5.41, 5.74) is -1.14. The van der Waals surface area contributed by atoms with Crippen molar-refractivity contribution in [3.63, 3.8) is 0 Å². The number of hydrogen-bond donors (Lipinski definition) is 2. The van der Waals surface area contributed by atoms with E-state index in [1.165, 1.54) is 18.2 Å². The van der Waals surface area contributed by atoms with Gasteiger partial charge >= 0.3 is 0 Å². The maximum absolute atomic E-state index is 13.3. The van der Waals surface area contributed by atoms with Gasteiger partial charge in [0.25, 0.3) is 0 Å². The molecule has 1 saturated carbocycles. The van der Waals surface area contributed by atoms with E-state index in [0.717, 1.165) is 25.3 Å². The van der Waals surface area contributed by atoms with Crippen LogP contribution in [-0.4, -0.2) is 26.4 Å². The lowest BCUT2D eigenvalue weighted by Crippen LogP contribution is -2.59. The quantitative estimate of drug-likeness (QED) is 0.867. The Balaban J connectivity index is 2.32. The summed E-state index contributed by atoms with van der Waals surface area (Å²) in [6.45, 7) is 2.22. The molecule has 122 valence electrons. The minimum atomic E-state index is -3.96. The van der Waals surface area contributed by atoms with Crippen LogP contribution in [-0.2, 0) is 14.8 Å². The number of nitrogens with one attached hydrogen (secondary N) is 2. The first kappa shape index (κ1) is 16.9. The molecule has 0 aliphatic heterocycles. The summed E-state index contributed by atoms with van der Waals surface area (Å²) >= 11 is 0. The van der Waals surface area contributed by atoms with Gasteiger partial charge < -0.3 is 5.32 Å². The Labute approximate surface area is 130 Å². The van der Waals surface area contributed by atoms with Crippen LogP contribution in [0.3, 0.4) is 0 Å². The average Bonchev–Trinajstić information content (AvgIpc) is 2.48. The summed E-state index contributed by atoms with van der Waals surface area (Å²) in [4.78, 5) is 12.2. The molecule has 2 rings (SSSR count). The molecule has 1 fully saturated rings. The highest BCUT2D eigenvalue weighted by Gasteiger charge is 2.42. The predicted molar refractivity (Wildman–Crippen MR) is 81.2 cm³/mol. The molecule has 0 saturated heterocycles. The van der Waals surface area contributed by atoms with E-state index in [0.29, 0.717) is 19.4 Å². The number of carbonyl (C=O) groups excluding carboxylic acids is 1. The monoisotopic (exact) mass is 328 g/mol. The standard InChI is InChI=1S/C15H21FN2O3S/c1-2-17-14(19)15(9-4-3-5-10-15)18-22(20,21)13-8-6-7-12(16)11-13/h6-8,11,18H,2-5,9-10H2,1H3,(H,17,19). The van der Waals surface area contributed by atoms with Crippen molar-refractivity contribution in [3.05, 3.63) is 30.1 Å². The number of amides is 1. The van der Waals surface area contributed by atoms with Gasteiger partial charge in [-0.1, -0.05) is 25.3 Å². The van der Waals surface area contributed by atoms with E-state index >= 15 is 0 Å². The van der Waals surface area contributed by atoms with Crippen molar-refractivity contribution in [3.8, 4) is 0 Å². The van der Waals surface area contributed by atoms with Crippen LogP contribution in [0, 0.1) is 5.82 Å². The van der Waals surface area contributed by atoms with E-state index < -0.39 is 21.4 Å². The van der Waals surface area contributed by atoms with Crippen molar-refractivity contribution in [2.24, 2.45) is 0 Å². The number of rotatable bonds is 5. The van der Waals surface area contributed by atoms with Crippen LogP contribution in [0.15, 0.2) is 29.2 Å². The molecule has 22 heavy (non-hydrogen) atoms. The van der Waals surface area contributed by atoms with E-state index in [1.54, 1.807) is 6.92 Å². The third kappa shape index (κ3) is 3.64. The van der Waals surface area contributed by atoms with Gasteiger partial charge in [-0.15, -0.1) is 0 Å². The highest BCUT2D eigenvalue weighted by atomic mass is 32.2. The van der Waals surface area contributed by atoms with Crippen molar-refractivity contribution in [1.29, 1.82) is 0 Å². The molecule has 1 aromatic rings. The maximum atomic E-state index is 13.3. The zero-order chi connectivity index (χ0) is 16.2. The number of carbonyl (C=O) groups is 1. The molecular weight excluding hydrogens is 307 g/mol. The van der Waals surface area contributed by atoms with Crippen LogP contribution < -0.4 is 10.0 Å². The molecule has 5 nitrogen and oxygen atoms in total. The minimum Gasteiger partial charge on any atom is -0.355 e. The number of hydrogen-bond acceptors (Lipinski definition) is 3. The average molecular weight is 328 g/mol. The SMILES string of the molecule is CCNC(=O)C1(NS(=O)(=O)c2cccc(F)c2)CCCCC1. The predicted octanol–water partition coefficient (Wildman–Crippen LogP) is 1.94. The van der Waals surface area contributed by atoms with Gasteiger partial charge in [0.2, 0.25) is 15.9 Å². The first-order valence-electron chi connectivity index (χ1n) is 7.47. The lowest BCUT2D eigenvalue weighted by molar-refractivity contribution is -0.128. The second kappa shape index (κ2) is 6.75. The molecule has 0 heterocycles. The Bertz CT molecular complexity index is 640. The summed E-state index contributed by atoms with van der Waals surface area (Å²) in [6.07, 6.45) is 3.44. The second-order valence-electron chi connectivity index (χ2n) is 5.57. The zero-order valence-electron chi connectivity index (χ0n) is 12.6. The van der Waals surface area contributed by atoms with Gasteiger partial charge in [0.1, 0.15) is 11.4 Å². The van der Waals surface area contributed by atoms with Crippen LogP contribution in [0.25, 0.3) is 0 Å². The molecule has 0 unspecified atom stereocenters. The summed E-state index contributed by atoms with van der Waals surface area (Å²) in [5, 5.41) is 2.70. The fourth-order valence-corrected chi connectivity index (χ4v) is 4.27. The number of benzene rings is 1. The first-order valence-corrected chi connectivity index (χ1v) is 8.96. The lowest BCUT2D eigenvalue weighted by Gasteiger charge is -2.36. The van der Waals surface area contributed by atoms with Crippen LogP contribution in [0.4, 0.5) is 4.39 Å². The molecule has 0 spiro atoms. The van der Waals surface area contributed by atoms with Crippen LogP contribution in [0.5, 0.6) is 0 Å². The molecule has 0 aromatic heterocycles. The van der Waals surface area contributed by atoms with Crippen molar-refractivity contribution in [2.75, 3.05) is 6.54 Å². The van der Waals surface area contributed by atoms with Crippen LogP contribution in [0.2, 0.25) is 0 Å². The number of sulfonamides is 1. The van der Waals surface area contributed by atoms with Gasteiger partial charge in [-0.25, -0.2) is 12.8 Å². The van der Waals surface area contributed by atoms with E-state index in [1.807, 2.05) is 0 Å². The second-order valence-corrected chi connectivity index (χ2v) is 7.25. The Hall–Kier alpha value is -1.47. The molecule has 0 atom stereocenters. The highest BCUT2D eigenvalue weighted by molar-refractivity contribution is 7.89. The largest absolute Gasteiger partial charge is 0.355 e. The molecule has 1 aliphatic rings. The fraction of sp³-hybridized carbons (Fsp3) is 0.533. The van der Waals surface area contributed by atoms with E-state index in [4.69, 9.17) is 0 Å². The van der Waals surface area contributed by atoms with Gasteiger partial charge in [0.05, 0.1) is 4.90 Å². The molecule has 0 bridgehead atoms. The van der Waals surface area contributed by atoms with Gasteiger partial charge in [0, 0.05) is 6.54 Å². The molecule has 2 N–H and O–H groups in total. The number of likely N-dealkylation sites (N-methyl/N-ethyl adjacent to an activating group) is 1. The summed E-state index contributed by atoms with van der Waals surface area (Å²) < 4.78 is 40.8. The van der Waals surface area contributed by atoms with Crippen LogP contribution in [0.1, 0.15) is 39.0 Å². The third-order valence-electron chi connectivity index (χ3n) is 3.92. The summed E-state index contributed by atoms with van der Waals surface area (Å²) in [6, 6.07) is 4.79. The van der Waals surface area contributed by atoms with Crippen LogP contribution >= 0.6 is 0 Å². The van der Waals surface area contributed by atoms with Crippen molar-refractivity contribution in [1.82, 2.24) is 10.0 Å². The maximum Gasteiger partial charge on any atom is 0.241 e. The Morgan fingerprint density at radius 2 is 1.95 bits per heavy atom. The molecule has 0 radical (unpaired) electrons. The summed E-state index contributed by atoms with van der Waals surface area (Å²) in [5.74, 6) is -0.937. The molecule has 1 amide bonds. The minimum absolute atomic E-state index is 0.165. The highest BCUT2D eigenvalue weighted by Crippen LogP contribution is 2.30. The van der Waals surface area contributed by atoms with Crippen molar-refractivity contribution in [2.45, 2.75) is 49.5 Å². The zero-order valence-corrected chi connectivity index (χ0v) is 13.4. The Morgan fingerprint density at radius 3 is 2.55 bits per heavy atom. The third-order valence-corrected chi connectivity index (χ3v) is 5.45. The van der Waals surface area contributed by atoms with Gasteiger partial charge in [-0.2, -0.15) is 4.72 Å². The molecule has 1 aromatic carbocycles. The first-order chi connectivity index (χ1) is 10.4. The van der Waals surface area contributed by atoms with E-state index in [9.17, 15) is 17.6 Å². The smallest absolute Gasteiger partial charge is 0.241 e. The normalized spacial score (nSPS) is 17.9. The fourth-order valence-electron chi connectivity index (χ4n) is 2.81. The van der Waals surface area contributed by atoms with Gasteiger partial charge in [-0.05, 0) is 38.0 Å². The summed E-state index contributed by atoms with van der Waals surface area (Å²) in [7, 11) is -3.96. The van der Waals surface area contributed by atoms with Gasteiger partial charge in [0.15, 0.2) is 0 Å².